The number of nitrogens with one attached hydrogen (secondary N) is 2. The van der Waals surface area contributed by atoms with E-state index in [1.807, 2.05) is 18.2 Å². The van der Waals surface area contributed by atoms with Gasteiger partial charge in [0, 0.05) is 19.3 Å². The smallest absolute Gasteiger partial charge is 0.331 e. The van der Waals surface area contributed by atoms with Crippen molar-refractivity contribution in [2.24, 2.45) is 13.0 Å². The lowest BCUT2D eigenvalue weighted by atomic mass is 9.99. The maximum atomic E-state index is 13.1. The second kappa shape index (κ2) is 8.24. The molecule has 1 aliphatic heterocycles. The third kappa shape index (κ3) is 3.45. The molecular weight excluding hydrogens is 386 g/mol. The molecule has 2 N–H and O–H groups in total. The Labute approximate surface area is 173 Å². The van der Waals surface area contributed by atoms with Gasteiger partial charge in [-0.2, -0.15) is 0 Å². The normalized spacial score (nSPS) is 17.2. The van der Waals surface area contributed by atoms with Crippen LogP contribution in [0, 0.1) is 12.8 Å². The van der Waals surface area contributed by atoms with Crippen LogP contribution < -0.4 is 16.2 Å². The van der Waals surface area contributed by atoms with Crippen LogP contribution in [0.3, 0.4) is 0 Å². The number of para-hydroxylation sites is 1. The number of hydrogen-bond donors (Lipinski definition) is 2. The molecule has 0 saturated carbocycles. The number of carbonyl (C=O) groups is 3. The summed E-state index contributed by atoms with van der Waals surface area (Å²) in [7, 11) is 1.74. The van der Waals surface area contributed by atoms with Gasteiger partial charge in [-0.05, 0) is 26.0 Å². The van der Waals surface area contributed by atoms with Gasteiger partial charge in [0.25, 0.3) is 5.56 Å². The first-order valence-corrected chi connectivity index (χ1v) is 9.36. The molecule has 0 bridgehead atoms. The molecule has 3 rings (SSSR count). The average Bonchev–Trinajstić information content (AvgIpc) is 2.93. The van der Waals surface area contributed by atoms with Gasteiger partial charge in [-0.1, -0.05) is 30.4 Å². The second-order valence-corrected chi connectivity index (χ2v) is 6.77. The van der Waals surface area contributed by atoms with E-state index in [1.54, 1.807) is 43.8 Å². The Morgan fingerprint density at radius 2 is 1.87 bits per heavy atom. The third-order valence-corrected chi connectivity index (χ3v) is 5.01. The monoisotopic (exact) mass is 409 g/mol. The van der Waals surface area contributed by atoms with E-state index in [0.717, 1.165) is 4.90 Å². The van der Waals surface area contributed by atoms with Crippen molar-refractivity contribution in [3.05, 3.63) is 70.8 Å². The van der Waals surface area contributed by atoms with Gasteiger partial charge in [-0.3, -0.25) is 29.3 Å². The van der Waals surface area contributed by atoms with E-state index in [1.165, 1.54) is 10.8 Å². The van der Waals surface area contributed by atoms with Gasteiger partial charge in [0.2, 0.25) is 11.8 Å². The molecule has 9 nitrogen and oxygen atoms in total. The number of urea groups is 1. The minimum absolute atomic E-state index is 0.0311. The molecule has 1 aromatic carbocycles. The first kappa shape index (κ1) is 20.8. The molecular formula is C21H23N5O4. The molecule has 2 heterocycles. The van der Waals surface area contributed by atoms with E-state index in [2.05, 4.69) is 17.2 Å². The van der Waals surface area contributed by atoms with Gasteiger partial charge in [0.1, 0.15) is 5.69 Å². The Morgan fingerprint density at radius 3 is 2.47 bits per heavy atom. The van der Waals surface area contributed by atoms with E-state index in [-0.39, 0.29) is 23.5 Å². The predicted molar refractivity (Wildman–Crippen MR) is 112 cm³/mol. The highest BCUT2D eigenvalue weighted by atomic mass is 16.2. The molecule has 9 heteroatoms. The van der Waals surface area contributed by atoms with Crippen LogP contribution in [0.25, 0.3) is 5.69 Å². The average molecular weight is 409 g/mol. The van der Waals surface area contributed by atoms with Crippen LogP contribution in [0.2, 0.25) is 0 Å². The molecule has 30 heavy (non-hydrogen) atoms. The van der Waals surface area contributed by atoms with Gasteiger partial charge in [0.15, 0.2) is 5.92 Å². The van der Waals surface area contributed by atoms with Crippen molar-refractivity contribution in [1.82, 2.24) is 19.6 Å². The Bertz CT molecular complexity index is 1110. The lowest BCUT2D eigenvalue weighted by Crippen LogP contribution is -2.58. The van der Waals surface area contributed by atoms with Crippen molar-refractivity contribution in [3.8, 4) is 5.69 Å². The molecule has 0 radical (unpaired) electrons. The number of barbiturate groups is 1. The maximum absolute atomic E-state index is 13.1. The number of aromatic nitrogens is 2. The largest absolute Gasteiger partial charge is 0.352 e. The second-order valence-electron chi connectivity index (χ2n) is 6.77. The van der Waals surface area contributed by atoms with Crippen LogP contribution in [0.15, 0.2) is 59.6 Å². The zero-order valence-electron chi connectivity index (χ0n) is 17.0. The number of rotatable bonds is 6. The fourth-order valence-electron chi connectivity index (χ4n) is 3.36. The molecule has 0 unspecified atom stereocenters. The quantitative estimate of drug-likeness (QED) is 0.558. The molecule has 156 valence electrons. The standard InChI is InChI=1S/C21H23N5O4/c1-5-12-25-19(28)16(18(27)23-21(25)30)15(6-2)22-17-13(3)24(4)26(20(17)29)14-10-8-7-9-11-14/h5-11,16,22H,1,12H2,2-4H3,(H,23,27,30)/b15-6-/t16-/m0/s1. The minimum Gasteiger partial charge on any atom is -0.352 e. The number of amides is 4. The molecule has 1 aromatic heterocycles. The van der Waals surface area contributed by atoms with Gasteiger partial charge in [-0.25, -0.2) is 9.48 Å². The molecule has 1 atom stereocenters. The maximum Gasteiger partial charge on any atom is 0.331 e. The molecule has 1 saturated heterocycles. The van der Waals surface area contributed by atoms with E-state index in [4.69, 9.17) is 0 Å². The zero-order valence-corrected chi connectivity index (χ0v) is 17.0. The van der Waals surface area contributed by atoms with E-state index in [9.17, 15) is 19.2 Å². The number of nitrogens with zero attached hydrogens (tertiary/aromatic N) is 3. The van der Waals surface area contributed by atoms with Crippen molar-refractivity contribution in [3.63, 3.8) is 0 Å². The van der Waals surface area contributed by atoms with Crippen LogP contribution in [-0.4, -0.2) is 38.7 Å². The van der Waals surface area contributed by atoms with E-state index < -0.39 is 23.8 Å². The lowest BCUT2D eigenvalue weighted by Gasteiger charge is -2.30. The molecule has 0 spiro atoms. The summed E-state index contributed by atoms with van der Waals surface area (Å²) in [6.45, 7) is 6.90. The summed E-state index contributed by atoms with van der Waals surface area (Å²) >= 11 is 0. The zero-order chi connectivity index (χ0) is 22.0. The fraction of sp³-hybridized carbons (Fsp3) is 0.238. The van der Waals surface area contributed by atoms with Crippen molar-refractivity contribution >= 4 is 23.5 Å². The Balaban J connectivity index is 2.00. The van der Waals surface area contributed by atoms with Crippen LogP contribution in [0.5, 0.6) is 0 Å². The third-order valence-electron chi connectivity index (χ3n) is 5.01. The molecule has 1 fully saturated rings. The van der Waals surface area contributed by atoms with Crippen LogP contribution in [0.1, 0.15) is 12.6 Å². The molecule has 2 aromatic rings. The van der Waals surface area contributed by atoms with Crippen molar-refractivity contribution < 1.29 is 14.4 Å². The molecule has 0 aliphatic carbocycles. The van der Waals surface area contributed by atoms with Gasteiger partial charge < -0.3 is 5.32 Å². The number of benzene rings is 1. The summed E-state index contributed by atoms with van der Waals surface area (Å²) in [5, 5.41) is 5.14. The van der Waals surface area contributed by atoms with Crippen molar-refractivity contribution in [2.75, 3.05) is 11.9 Å². The van der Waals surface area contributed by atoms with Crippen molar-refractivity contribution in [1.29, 1.82) is 0 Å². The number of allylic oxidation sites excluding steroid dienone is 1. The van der Waals surface area contributed by atoms with Crippen LogP contribution in [-0.2, 0) is 16.6 Å². The first-order valence-electron chi connectivity index (χ1n) is 9.36. The minimum atomic E-state index is -1.28. The molecule has 4 amide bonds. The summed E-state index contributed by atoms with van der Waals surface area (Å²) in [6.07, 6.45) is 2.94. The number of imide groups is 2. The Hall–Kier alpha value is -3.88. The van der Waals surface area contributed by atoms with Crippen LogP contribution in [0.4, 0.5) is 10.5 Å². The van der Waals surface area contributed by atoms with Gasteiger partial charge in [-0.15, -0.1) is 6.58 Å². The van der Waals surface area contributed by atoms with Gasteiger partial charge >= 0.3 is 6.03 Å². The SMILES string of the molecule is C=CCN1C(=O)NC(=O)[C@H](/C(=C/C)Nc2c(C)n(C)n(-c3ccccc3)c2=O)C1=O. The number of anilines is 1. The molecule has 1 aliphatic rings. The summed E-state index contributed by atoms with van der Waals surface area (Å²) in [5.41, 5.74) is 1.42. The summed E-state index contributed by atoms with van der Waals surface area (Å²) < 4.78 is 3.17. The van der Waals surface area contributed by atoms with Crippen molar-refractivity contribution in [2.45, 2.75) is 13.8 Å². The highest BCUT2D eigenvalue weighted by Gasteiger charge is 2.42. The van der Waals surface area contributed by atoms with Crippen LogP contribution >= 0.6 is 0 Å². The predicted octanol–water partition coefficient (Wildman–Crippen LogP) is 1.68. The first-order chi connectivity index (χ1) is 14.3. The summed E-state index contributed by atoms with van der Waals surface area (Å²) in [6, 6.07) is 8.32. The van der Waals surface area contributed by atoms with E-state index >= 15 is 0 Å². The fourth-order valence-corrected chi connectivity index (χ4v) is 3.36. The lowest BCUT2D eigenvalue weighted by molar-refractivity contribution is -0.140. The summed E-state index contributed by atoms with van der Waals surface area (Å²) in [4.78, 5) is 51.2. The number of carbonyl (C=O) groups excluding carboxylic acids is 3. The Kier molecular flexibility index (Phi) is 5.72. The summed E-state index contributed by atoms with van der Waals surface area (Å²) in [5.74, 6) is -2.71. The highest BCUT2D eigenvalue weighted by molar-refractivity contribution is 6.18. The van der Waals surface area contributed by atoms with E-state index in [0.29, 0.717) is 11.4 Å². The Morgan fingerprint density at radius 1 is 1.20 bits per heavy atom. The van der Waals surface area contributed by atoms with Gasteiger partial charge in [0.05, 0.1) is 11.4 Å². The highest BCUT2D eigenvalue weighted by Crippen LogP contribution is 2.23. The number of hydrogen-bond acceptors (Lipinski definition) is 5. The topological polar surface area (TPSA) is 105 Å².